The first-order valence-corrected chi connectivity index (χ1v) is 4.94. The first-order chi connectivity index (χ1) is 8.00. The van der Waals surface area contributed by atoms with Crippen LogP contribution >= 0.6 is 0 Å². The molecule has 0 spiro atoms. The van der Waals surface area contributed by atoms with E-state index < -0.39 is 35.0 Å². The molecule has 1 aromatic heterocycles. The van der Waals surface area contributed by atoms with Crippen molar-refractivity contribution in [1.29, 1.82) is 0 Å². The van der Waals surface area contributed by atoms with Crippen LogP contribution < -0.4 is 5.73 Å². The number of nitrogens with zero attached hydrogens (tertiary/aromatic N) is 2. The second-order valence-corrected chi connectivity index (χ2v) is 4.49. The van der Waals surface area contributed by atoms with Gasteiger partial charge in [-0.15, -0.1) is 0 Å². The normalized spacial score (nSPS) is 12.3. The zero-order valence-electron chi connectivity index (χ0n) is 10.00. The largest absolute Gasteiger partial charge is 0.456 e. The monoisotopic (exact) mass is 263 g/mol. The highest BCUT2D eigenvalue weighted by Gasteiger charge is 2.39. The number of hydrogen-bond donors (Lipinski definition) is 1. The highest BCUT2D eigenvalue weighted by Crippen LogP contribution is 2.31. The molecule has 1 aromatic rings. The van der Waals surface area contributed by atoms with Crippen LogP contribution in [0.25, 0.3) is 0 Å². The van der Waals surface area contributed by atoms with Crippen molar-refractivity contribution in [2.45, 2.75) is 32.5 Å². The summed E-state index contributed by atoms with van der Waals surface area (Å²) < 4.78 is 42.8. The van der Waals surface area contributed by atoms with Crippen molar-refractivity contribution in [3.8, 4) is 0 Å². The SMILES string of the molecule is CC(C)(C)OC(=O)c1cnc(N)nc1C(F)(F)F. The van der Waals surface area contributed by atoms with Gasteiger partial charge in [0.05, 0.1) is 0 Å². The summed E-state index contributed by atoms with van der Waals surface area (Å²) in [6.07, 6.45) is -4.09. The maximum Gasteiger partial charge on any atom is 0.434 e. The van der Waals surface area contributed by atoms with Crippen LogP contribution in [0.3, 0.4) is 0 Å². The Morgan fingerprint density at radius 1 is 1.33 bits per heavy atom. The van der Waals surface area contributed by atoms with Crippen molar-refractivity contribution < 1.29 is 22.7 Å². The zero-order chi connectivity index (χ0) is 14.1. The summed E-state index contributed by atoms with van der Waals surface area (Å²) in [6.45, 7) is 4.61. The first kappa shape index (κ1) is 14.2. The van der Waals surface area contributed by atoms with Crippen molar-refractivity contribution >= 4 is 11.9 Å². The Kier molecular flexibility index (Phi) is 3.50. The quantitative estimate of drug-likeness (QED) is 0.784. The van der Waals surface area contributed by atoms with Gasteiger partial charge in [0, 0.05) is 6.20 Å². The van der Waals surface area contributed by atoms with Crippen LogP contribution in [-0.4, -0.2) is 21.5 Å². The molecule has 8 heteroatoms. The van der Waals surface area contributed by atoms with Crippen molar-refractivity contribution in [2.75, 3.05) is 5.73 Å². The predicted molar refractivity (Wildman–Crippen MR) is 56.6 cm³/mol. The fourth-order valence-corrected chi connectivity index (χ4v) is 1.09. The molecule has 0 saturated carbocycles. The van der Waals surface area contributed by atoms with Gasteiger partial charge in [0.15, 0.2) is 5.69 Å². The van der Waals surface area contributed by atoms with Gasteiger partial charge in [-0.25, -0.2) is 14.8 Å². The number of alkyl halides is 3. The molecule has 0 aliphatic carbocycles. The van der Waals surface area contributed by atoms with Gasteiger partial charge < -0.3 is 10.5 Å². The third kappa shape index (κ3) is 3.57. The zero-order valence-corrected chi connectivity index (χ0v) is 10.00. The van der Waals surface area contributed by atoms with Gasteiger partial charge in [0.1, 0.15) is 11.2 Å². The second kappa shape index (κ2) is 4.43. The Labute approximate surface area is 101 Å². The number of carbonyl (C=O) groups excluding carboxylic acids is 1. The van der Waals surface area contributed by atoms with E-state index in [9.17, 15) is 18.0 Å². The number of anilines is 1. The lowest BCUT2D eigenvalue weighted by atomic mass is 10.1. The molecule has 0 aliphatic heterocycles. The molecule has 0 radical (unpaired) electrons. The summed E-state index contributed by atoms with van der Waals surface area (Å²) in [7, 11) is 0. The maximum atomic E-state index is 12.7. The van der Waals surface area contributed by atoms with Crippen LogP contribution in [0.15, 0.2) is 6.20 Å². The molecule has 0 fully saturated rings. The van der Waals surface area contributed by atoms with Crippen LogP contribution in [0.2, 0.25) is 0 Å². The average Bonchev–Trinajstić information content (AvgIpc) is 2.13. The number of nitrogen functional groups attached to an aromatic ring is 1. The van der Waals surface area contributed by atoms with Crippen LogP contribution in [-0.2, 0) is 10.9 Å². The molecule has 0 amide bonds. The van der Waals surface area contributed by atoms with Gasteiger partial charge in [-0.2, -0.15) is 13.2 Å². The lowest BCUT2D eigenvalue weighted by Crippen LogP contribution is -2.26. The van der Waals surface area contributed by atoms with E-state index in [1.807, 2.05) is 0 Å². The highest BCUT2D eigenvalue weighted by molar-refractivity contribution is 5.90. The van der Waals surface area contributed by atoms with Gasteiger partial charge >= 0.3 is 12.1 Å². The number of ether oxygens (including phenoxy) is 1. The van der Waals surface area contributed by atoms with E-state index in [0.29, 0.717) is 6.20 Å². The van der Waals surface area contributed by atoms with E-state index in [1.54, 1.807) is 0 Å². The number of esters is 1. The van der Waals surface area contributed by atoms with Gasteiger partial charge in [-0.05, 0) is 20.8 Å². The molecular weight excluding hydrogens is 251 g/mol. The number of hydrogen-bond acceptors (Lipinski definition) is 5. The van der Waals surface area contributed by atoms with Crippen LogP contribution in [0.4, 0.5) is 19.1 Å². The molecule has 0 bridgehead atoms. The van der Waals surface area contributed by atoms with Crippen LogP contribution in [0, 0.1) is 0 Å². The Balaban J connectivity index is 3.21. The van der Waals surface area contributed by atoms with Gasteiger partial charge in [-0.3, -0.25) is 0 Å². The molecule has 1 heterocycles. The molecule has 5 nitrogen and oxygen atoms in total. The summed E-state index contributed by atoms with van der Waals surface area (Å²) in [5, 5.41) is 0. The third-order valence-electron chi connectivity index (χ3n) is 1.69. The predicted octanol–water partition coefficient (Wildman–Crippen LogP) is 2.03. The van der Waals surface area contributed by atoms with Gasteiger partial charge in [-0.1, -0.05) is 0 Å². The Bertz CT molecular complexity index is 466. The van der Waals surface area contributed by atoms with Crippen LogP contribution in [0.1, 0.15) is 36.8 Å². The molecule has 0 unspecified atom stereocenters. The molecule has 0 aliphatic rings. The number of halogens is 3. The average molecular weight is 263 g/mol. The van der Waals surface area contributed by atoms with E-state index in [-0.39, 0.29) is 0 Å². The fraction of sp³-hybridized carbons (Fsp3) is 0.500. The minimum atomic E-state index is -4.80. The van der Waals surface area contributed by atoms with Gasteiger partial charge in [0.25, 0.3) is 0 Å². The lowest BCUT2D eigenvalue weighted by Gasteiger charge is -2.20. The fourth-order valence-electron chi connectivity index (χ4n) is 1.09. The van der Waals surface area contributed by atoms with Crippen molar-refractivity contribution in [3.63, 3.8) is 0 Å². The van der Waals surface area contributed by atoms with E-state index >= 15 is 0 Å². The maximum absolute atomic E-state index is 12.7. The number of rotatable bonds is 1. The minimum absolute atomic E-state index is 0.561. The first-order valence-electron chi connectivity index (χ1n) is 4.94. The highest BCUT2D eigenvalue weighted by atomic mass is 19.4. The number of carbonyl (C=O) groups is 1. The minimum Gasteiger partial charge on any atom is -0.456 e. The van der Waals surface area contributed by atoms with Crippen LogP contribution in [0.5, 0.6) is 0 Å². The Morgan fingerprint density at radius 2 is 1.89 bits per heavy atom. The third-order valence-corrected chi connectivity index (χ3v) is 1.69. The van der Waals surface area contributed by atoms with E-state index in [0.717, 1.165) is 0 Å². The molecule has 18 heavy (non-hydrogen) atoms. The lowest BCUT2D eigenvalue weighted by molar-refractivity contribution is -0.141. The van der Waals surface area contributed by atoms with Crippen molar-refractivity contribution in [2.24, 2.45) is 0 Å². The summed E-state index contributed by atoms with van der Waals surface area (Å²) >= 11 is 0. The summed E-state index contributed by atoms with van der Waals surface area (Å²) in [6, 6.07) is 0. The topological polar surface area (TPSA) is 78.1 Å². The Morgan fingerprint density at radius 3 is 2.33 bits per heavy atom. The summed E-state index contributed by atoms with van der Waals surface area (Å²) in [5.41, 5.74) is 2.01. The van der Waals surface area contributed by atoms with E-state index in [1.165, 1.54) is 20.8 Å². The van der Waals surface area contributed by atoms with E-state index in [2.05, 4.69) is 9.97 Å². The second-order valence-electron chi connectivity index (χ2n) is 4.49. The molecule has 0 saturated heterocycles. The standard InChI is InChI=1S/C10H12F3N3O2/c1-9(2,3)18-7(17)5-4-15-8(14)16-6(5)10(11,12)13/h4H,1-3H3,(H2,14,15,16). The molecule has 0 atom stereocenters. The smallest absolute Gasteiger partial charge is 0.434 e. The molecule has 0 aromatic carbocycles. The molecule has 1 rings (SSSR count). The van der Waals surface area contributed by atoms with Gasteiger partial charge in [0.2, 0.25) is 5.95 Å². The summed E-state index contributed by atoms with van der Waals surface area (Å²) in [5.74, 6) is -1.70. The van der Waals surface area contributed by atoms with Crippen molar-refractivity contribution in [3.05, 3.63) is 17.5 Å². The summed E-state index contributed by atoms with van der Waals surface area (Å²) in [4.78, 5) is 18.0. The van der Waals surface area contributed by atoms with Crippen molar-refractivity contribution in [1.82, 2.24) is 9.97 Å². The van der Waals surface area contributed by atoms with E-state index in [4.69, 9.17) is 10.5 Å². The number of aromatic nitrogens is 2. The molecular formula is C10H12F3N3O2. The molecule has 2 N–H and O–H groups in total. The molecule has 100 valence electrons. The Hall–Kier alpha value is -1.86. The number of nitrogens with two attached hydrogens (primary N) is 1.